The van der Waals surface area contributed by atoms with E-state index in [-0.39, 0.29) is 11.6 Å². The number of nitrogens with zero attached hydrogens (tertiary/aromatic N) is 2. The van der Waals surface area contributed by atoms with Crippen molar-refractivity contribution in [3.8, 4) is 11.6 Å². The average molecular weight is 338 g/mol. The van der Waals surface area contributed by atoms with Crippen LogP contribution in [0.4, 0.5) is 5.69 Å². The summed E-state index contributed by atoms with van der Waals surface area (Å²) in [5.41, 5.74) is 5.16. The molecule has 102 valence electrons. The first-order valence-electron chi connectivity index (χ1n) is 5.35. The van der Waals surface area contributed by atoms with Gasteiger partial charge in [0.05, 0.1) is 4.92 Å². The van der Waals surface area contributed by atoms with Crippen LogP contribution < -0.4 is 10.5 Å². The molecule has 0 saturated heterocycles. The summed E-state index contributed by atoms with van der Waals surface area (Å²) in [5, 5.41) is 10.9. The van der Waals surface area contributed by atoms with Gasteiger partial charge in [0.1, 0.15) is 5.75 Å². The van der Waals surface area contributed by atoms with E-state index in [4.69, 9.17) is 10.5 Å². The fraction of sp³-hybridized carbons (Fsp3) is 0. The van der Waals surface area contributed by atoms with Gasteiger partial charge >= 0.3 is 5.69 Å². The van der Waals surface area contributed by atoms with Crippen molar-refractivity contribution in [2.24, 2.45) is 5.73 Å². The number of primary amides is 1. The van der Waals surface area contributed by atoms with Crippen molar-refractivity contribution in [1.82, 2.24) is 4.98 Å². The van der Waals surface area contributed by atoms with Crippen LogP contribution in [0.2, 0.25) is 0 Å². The number of amides is 1. The van der Waals surface area contributed by atoms with Crippen molar-refractivity contribution in [1.29, 1.82) is 0 Å². The summed E-state index contributed by atoms with van der Waals surface area (Å²) < 4.78 is 5.81. The second-order valence-electron chi connectivity index (χ2n) is 3.73. The van der Waals surface area contributed by atoms with Gasteiger partial charge in [-0.1, -0.05) is 0 Å². The highest BCUT2D eigenvalue weighted by atomic mass is 79.9. The Morgan fingerprint density at radius 2 is 2.00 bits per heavy atom. The molecule has 0 spiro atoms. The molecular weight excluding hydrogens is 330 g/mol. The number of halogens is 1. The van der Waals surface area contributed by atoms with Gasteiger partial charge in [-0.25, -0.2) is 4.98 Å². The molecule has 2 N–H and O–H groups in total. The number of rotatable bonds is 4. The van der Waals surface area contributed by atoms with E-state index >= 15 is 0 Å². The Balaban J connectivity index is 2.30. The van der Waals surface area contributed by atoms with Crippen LogP contribution in [0, 0.1) is 10.1 Å². The number of hydrogen-bond donors (Lipinski definition) is 1. The minimum atomic E-state index is -0.592. The summed E-state index contributed by atoms with van der Waals surface area (Å²) in [6.07, 6.45) is 1.39. The molecule has 2 rings (SSSR count). The van der Waals surface area contributed by atoms with E-state index in [1.54, 1.807) is 0 Å². The van der Waals surface area contributed by atoms with Crippen LogP contribution in [0.15, 0.2) is 41.0 Å². The van der Waals surface area contributed by atoms with Crippen molar-refractivity contribution in [3.05, 3.63) is 56.7 Å². The molecule has 7 nitrogen and oxygen atoms in total. The quantitative estimate of drug-likeness (QED) is 0.681. The standard InChI is InChI=1S/C12H8BrN3O4/c13-8-5-10(16(18)19)12(15-6-8)20-9-3-1-7(2-4-9)11(14)17/h1-6H,(H2,14,17). The third kappa shape index (κ3) is 3.09. The second-order valence-corrected chi connectivity index (χ2v) is 4.64. The largest absolute Gasteiger partial charge is 0.434 e. The van der Waals surface area contributed by atoms with Gasteiger partial charge in [-0.05, 0) is 40.2 Å². The Bertz CT molecular complexity index is 673. The molecule has 0 fully saturated rings. The lowest BCUT2D eigenvalue weighted by Gasteiger charge is -2.05. The molecule has 0 saturated carbocycles. The predicted octanol–water partition coefficient (Wildman–Crippen LogP) is 2.64. The maximum Gasteiger partial charge on any atom is 0.332 e. The van der Waals surface area contributed by atoms with Gasteiger partial charge < -0.3 is 10.5 Å². The van der Waals surface area contributed by atoms with E-state index in [1.165, 1.54) is 36.5 Å². The first-order valence-corrected chi connectivity index (χ1v) is 6.14. The van der Waals surface area contributed by atoms with E-state index in [9.17, 15) is 14.9 Å². The summed E-state index contributed by atoms with van der Waals surface area (Å²) >= 11 is 3.10. The second kappa shape index (κ2) is 5.66. The molecule has 8 heteroatoms. The molecule has 1 heterocycles. The van der Waals surface area contributed by atoms with Crippen LogP contribution in [0.3, 0.4) is 0 Å². The van der Waals surface area contributed by atoms with Crippen molar-refractivity contribution in [2.75, 3.05) is 0 Å². The highest BCUT2D eigenvalue weighted by Crippen LogP contribution is 2.31. The lowest BCUT2D eigenvalue weighted by atomic mass is 10.2. The highest BCUT2D eigenvalue weighted by molar-refractivity contribution is 9.10. The third-order valence-corrected chi connectivity index (χ3v) is 2.78. The number of carbonyl (C=O) groups excluding carboxylic acids is 1. The first-order chi connectivity index (χ1) is 9.47. The smallest absolute Gasteiger partial charge is 0.332 e. The van der Waals surface area contributed by atoms with Crippen LogP contribution in [-0.2, 0) is 0 Å². The summed E-state index contributed by atoms with van der Waals surface area (Å²) in [7, 11) is 0. The van der Waals surface area contributed by atoms with Crippen molar-refractivity contribution in [2.45, 2.75) is 0 Å². The van der Waals surface area contributed by atoms with Crippen molar-refractivity contribution >= 4 is 27.5 Å². The van der Waals surface area contributed by atoms with E-state index in [0.29, 0.717) is 15.8 Å². The minimum Gasteiger partial charge on any atom is -0.434 e. The zero-order valence-corrected chi connectivity index (χ0v) is 11.5. The predicted molar refractivity (Wildman–Crippen MR) is 73.6 cm³/mol. The Hall–Kier alpha value is -2.48. The average Bonchev–Trinajstić information content (AvgIpc) is 2.41. The molecule has 0 radical (unpaired) electrons. The molecule has 0 aliphatic carbocycles. The fourth-order valence-corrected chi connectivity index (χ4v) is 1.74. The molecule has 2 aromatic rings. The molecule has 0 bridgehead atoms. The van der Waals surface area contributed by atoms with Crippen LogP contribution >= 0.6 is 15.9 Å². The van der Waals surface area contributed by atoms with Crippen LogP contribution in [-0.4, -0.2) is 15.8 Å². The Morgan fingerprint density at radius 3 is 2.55 bits per heavy atom. The number of ether oxygens (including phenoxy) is 1. The molecule has 1 aromatic heterocycles. The number of carbonyl (C=O) groups is 1. The fourth-order valence-electron chi connectivity index (χ4n) is 1.42. The van der Waals surface area contributed by atoms with Crippen LogP contribution in [0.25, 0.3) is 0 Å². The highest BCUT2D eigenvalue weighted by Gasteiger charge is 2.18. The minimum absolute atomic E-state index is 0.134. The van der Waals surface area contributed by atoms with Gasteiger partial charge in [-0.15, -0.1) is 0 Å². The monoisotopic (exact) mass is 337 g/mol. The summed E-state index contributed by atoms with van der Waals surface area (Å²) in [6, 6.07) is 7.17. The number of nitrogens with two attached hydrogens (primary N) is 1. The molecule has 0 atom stereocenters. The number of pyridine rings is 1. The van der Waals surface area contributed by atoms with Crippen molar-refractivity contribution in [3.63, 3.8) is 0 Å². The maximum absolute atomic E-state index is 10.9. The summed E-state index contributed by atoms with van der Waals surface area (Å²) in [5.74, 6) is -0.387. The van der Waals surface area contributed by atoms with Gasteiger partial charge in [0.15, 0.2) is 0 Å². The molecule has 20 heavy (non-hydrogen) atoms. The Morgan fingerprint density at radius 1 is 1.35 bits per heavy atom. The molecule has 1 aromatic carbocycles. The lowest BCUT2D eigenvalue weighted by molar-refractivity contribution is -0.386. The van der Waals surface area contributed by atoms with Crippen LogP contribution in [0.1, 0.15) is 10.4 Å². The molecule has 0 unspecified atom stereocenters. The normalized spacial score (nSPS) is 10.1. The molecular formula is C12H8BrN3O4. The summed E-state index contributed by atoms with van der Waals surface area (Å²) in [4.78, 5) is 25.1. The number of benzene rings is 1. The van der Waals surface area contributed by atoms with Gasteiger partial charge in [0, 0.05) is 22.3 Å². The van der Waals surface area contributed by atoms with Gasteiger partial charge in [-0.3, -0.25) is 14.9 Å². The molecule has 1 amide bonds. The summed E-state index contributed by atoms with van der Waals surface area (Å²) in [6.45, 7) is 0. The molecule has 0 aliphatic rings. The lowest BCUT2D eigenvalue weighted by Crippen LogP contribution is -2.10. The SMILES string of the molecule is NC(=O)c1ccc(Oc2ncc(Br)cc2[N+](=O)[O-])cc1. The Kier molecular flexibility index (Phi) is 3.94. The number of aromatic nitrogens is 1. The van der Waals surface area contributed by atoms with Crippen molar-refractivity contribution < 1.29 is 14.5 Å². The van der Waals surface area contributed by atoms with E-state index in [0.717, 1.165) is 0 Å². The third-order valence-electron chi connectivity index (χ3n) is 2.35. The topological polar surface area (TPSA) is 108 Å². The Labute approximate surface area is 121 Å². The zero-order valence-electron chi connectivity index (χ0n) is 9.95. The van der Waals surface area contributed by atoms with Gasteiger partial charge in [0.2, 0.25) is 5.91 Å². The first kappa shape index (κ1) is 13.9. The number of nitro groups is 1. The van der Waals surface area contributed by atoms with E-state index in [1.807, 2.05) is 0 Å². The van der Waals surface area contributed by atoms with Gasteiger partial charge in [0.25, 0.3) is 5.88 Å². The maximum atomic E-state index is 10.9. The van der Waals surface area contributed by atoms with Crippen LogP contribution in [0.5, 0.6) is 11.6 Å². The number of hydrogen-bond acceptors (Lipinski definition) is 5. The molecule has 0 aliphatic heterocycles. The van der Waals surface area contributed by atoms with E-state index < -0.39 is 10.8 Å². The van der Waals surface area contributed by atoms with E-state index in [2.05, 4.69) is 20.9 Å². The van der Waals surface area contributed by atoms with Gasteiger partial charge in [-0.2, -0.15) is 0 Å². The zero-order chi connectivity index (χ0) is 14.7.